The van der Waals surface area contributed by atoms with Gasteiger partial charge in [-0.1, -0.05) is 78.8 Å². The number of fused-ring (bicyclic) bond motifs is 3. The van der Waals surface area contributed by atoms with Crippen molar-refractivity contribution in [3.8, 4) is 34.3 Å². The van der Waals surface area contributed by atoms with E-state index in [2.05, 4.69) is 128 Å². The SMILES string of the molecule is CC(C)c1nnc(C(C)C)n1-c1ccnc(-c2cccc(Oc3ccc4c5ccccc5n(-c5cc(C(C)(C)C)ccn5)c4c3)c2)c1. The second-order valence-electron chi connectivity index (χ2n) is 13.8. The van der Waals surface area contributed by atoms with Crippen LogP contribution in [0.15, 0.2) is 103 Å². The summed E-state index contributed by atoms with van der Waals surface area (Å²) in [5, 5.41) is 11.4. The number of ether oxygens (including phenoxy) is 1. The van der Waals surface area contributed by atoms with Crippen molar-refractivity contribution in [1.29, 1.82) is 0 Å². The number of para-hydroxylation sites is 1. The standard InChI is InChI=1S/C40H40N6O/c1-25(2)38-43-44-39(26(3)4)45(38)29-18-20-41-34(23-29)27-11-10-12-30(21-27)47-31-15-16-33-32-13-8-9-14-35(32)46(36(33)24-31)37-22-28(17-19-42-37)40(5,6)7/h8-26H,1-7H3. The molecule has 0 saturated heterocycles. The third kappa shape index (κ3) is 5.67. The van der Waals surface area contributed by atoms with E-state index in [0.717, 1.165) is 62.3 Å². The van der Waals surface area contributed by atoms with Crippen molar-refractivity contribution in [3.63, 3.8) is 0 Å². The van der Waals surface area contributed by atoms with E-state index in [1.807, 2.05) is 42.7 Å². The summed E-state index contributed by atoms with van der Waals surface area (Å²) in [6.07, 6.45) is 3.75. The van der Waals surface area contributed by atoms with E-state index in [-0.39, 0.29) is 17.3 Å². The highest BCUT2D eigenvalue weighted by Crippen LogP contribution is 2.36. The van der Waals surface area contributed by atoms with Crippen molar-refractivity contribution >= 4 is 21.8 Å². The molecule has 0 saturated carbocycles. The van der Waals surface area contributed by atoms with Gasteiger partial charge < -0.3 is 4.74 Å². The van der Waals surface area contributed by atoms with E-state index in [4.69, 9.17) is 14.7 Å². The van der Waals surface area contributed by atoms with Crippen LogP contribution >= 0.6 is 0 Å². The Labute approximate surface area is 275 Å². The van der Waals surface area contributed by atoms with Crippen molar-refractivity contribution in [2.45, 2.75) is 65.7 Å². The number of benzene rings is 3. The summed E-state index contributed by atoms with van der Waals surface area (Å²) in [6.45, 7) is 15.3. The normalized spacial score (nSPS) is 12.1. The van der Waals surface area contributed by atoms with Gasteiger partial charge in [0.05, 0.1) is 22.4 Å². The first-order valence-electron chi connectivity index (χ1n) is 16.3. The molecular formula is C40H40N6O. The highest BCUT2D eigenvalue weighted by molar-refractivity contribution is 6.09. The molecule has 0 radical (unpaired) electrons. The fourth-order valence-corrected chi connectivity index (χ4v) is 6.16. The summed E-state index contributed by atoms with van der Waals surface area (Å²) in [6, 6.07) is 31.3. The first kappa shape index (κ1) is 30.4. The summed E-state index contributed by atoms with van der Waals surface area (Å²) >= 11 is 0. The lowest BCUT2D eigenvalue weighted by atomic mass is 9.88. The number of hydrogen-bond donors (Lipinski definition) is 0. The minimum Gasteiger partial charge on any atom is -0.457 e. The Morgan fingerprint density at radius 3 is 2.06 bits per heavy atom. The van der Waals surface area contributed by atoms with E-state index >= 15 is 0 Å². The minimum atomic E-state index is 0.00714. The van der Waals surface area contributed by atoms with Gasteiger partial charge in [-0.25, -0.2) is 4.98 Å². The van der Waals surface area contributed by atoms with Crippen LogP contribution in [0, 0.1) is 0 Å². The Balaban J connectivity index is 1.26. The molecule has 0 amide bonds. The van der Waals surface area contributed by atoms with Crippen LogP contribution in [0.25, 0.3) is 44.6 Å². The van der Waals surface area contributed by atoms with Gasteiger partial charge in [-0.05, 0) is 65.6 Å². The molecule has 0 bridgehead atoms. The van der Waals surface area contributed by atoms with Crippen LogP contribution < -0.4 is 4.74 Å². The molecule has 7 nitrogen and oxygen atoms in total. The van der Waals surface area contributed by atoms with Gasteiger partial charge in [-0.15, -0.1) is 10.2 Å². The Morgan fingerprint density at radius 2 is 1.32 bits per heavy atom. The summed E-state index contributed by atoms with van der Waals surface area (Å²) in [5.74, 6) is 4.73. The van der Waals surface area contributed by atoms with Gasteiger partial charge in [0.2, 0.25) is 0 Å². The molecule has 0 unspecified atom stereocenters. The van der Waals surface area contributed by atoms with Gasteiger partial charge in [-0.3, -0.25) is 14.1 Å². The molecule has 0 aliphatic heterocycles. The smallest absolute Gasteiger partial charge is 0.140 e. The molecule has 0 N–H and O–H groups in total. The lowest BCUT2D eigenvalue weighted by Gasteiger charge is -2.20. The van der Waals surface area contributed by atoms with E-state index in [0.29, 0.717) is 0 Å². The molecule has 7 aromatic rings. The second kappa shape index (κ2) is 11.8. The maximum absolute atomic E-state index is 6.53. The van der Waals surface area contributed by atoms with Gasteiger partial charge >= 0.3 is 0 Å². The lowest BCUT2D eigenvalue weighted by molar-refractivity contribution is 0.483. The lowest BCUT2D eigenvalue weighted by Crippen LogP contribution is -2.12. The molecule has 0 atom stereocenters. The maximum Gasteiger partial charge on any atom is 0.140 e. The molecule has 3 aromatic carbocycles. The Hall–Kier alpha value is -5.30. The van der Waals surface area contributed by atoms with E-state index in [1.54, 1.807) is 0 Å². The Bertz CT molecular complexity index is 2210. The van der Waals surface area contributed by atoms with Crippen molar-refractivity contribution in [3.05, 3.63) is 121 Å². The molecule has 0 spiro atoms. The highest BCUT2D eigenvalue weighted by Gasteiger charge is 2.20. The molecular weight excluding hydrogens is 580 g/mol. The molecule has 236 valence electrons. The quantitative estimate of drug-likeness (QED) is 0.177. The Kier molecular flexibility index (Phi) is 7.63. The van der Waals surface area contributed by atoms with E-state index < -0.39 is 0 Å². The summed E-state index contributed by atoms with van der Waals surface area (Å²) in [5.41, 5.74) is 6.22. The molecule has 7 rings (SSSR count). The van der Waals surface area contributed by atoms with Crippen LogP contribution in [0.4, 0.5) is 0 Å². The first-order chi connectivity index (χ1) is 22.6. The fraction of sp³-hybridized carbons (Fsp3) is 0.250. The monoisotopic (exact) mass is 620 g/mol. The molecule has 0 aliphatic carbocycles. The number of aromatic nitrogens is 6. The van der Waals surface area contributed by atoms with Crippen molar-refractivity contribution in [1.82, 2.24) is 29.3 Å². The predicted octanol–water partition coefficient (Wildman–Crippen LogP) is 10.2. The van der Waals surface area contributed by atoms with Gasteiger partial charge in [0, 0.05) is 46.6 Å². The largest absolute Gasteiger partial charge is 0.457 e. The van der Waals surface area contributed by atoms with Crippen LogP contribution in [0.5, 0.6) is 11.5 Å². The van der Waals surface area contributed by atoms with E-state index in [9.17, 15) is 0 Å². The number of nitrogens with zero attached hydrogens (tertiary/aromatic N) is 6. The summed E-state index contributed by atoms with van der Waals surface area (Å²) in [7, 11) is 0. The average molecular weight is 621 g/mol. The average Bonchev–Trinajstić information content (AvgIpc) is 3.65. The molecule has 47 heavy (non-hydrogen) atoms. The first-order valence-corrected chi connectivity index (χ1v) is 16.3. The maximum atomic E-state index is 6.53. The van der Waals surface area contributed by atoms with Gasteiger partial charge in [0.15, 0.2) is 0 Å². The number of rotatable bonds is 7. The molecule has 4 heterocycles. The van der Waals surface area contributed by atoms with Crippen LogP contribution in [0.1, 0.15) is 77.5 Å². The second-order valence-corrected chi connectivity index (χ2v) is 13.8. The highest BCUT2D eigenvalue weighted by atomic mass is 16.5. The van der Waals surface area contributed by atoms with Gasteiger partial charge in [-0.2, -0.15) is 0 Å². The summed E-state index contributed by atoms with van der Waals surface area (Å²) < 4.78 is 10.9. The third-order valence-corrected chi connectivity index (χ3v) is 8.60. The summed E-state index contributed by atoms with van der Waals surface area (Å²) in [4.78, 5) is 9.55. The number of pyridine rings is 2. The topological polar surface area (TPSA) is 70.7 Å². The van der Waals surface area contributed by atoms with Crippen LogP contribution in [0.2, 0.25) is 0 Å². The van der Waals surface area contributed by atoms with Crippen LogP contribution in [0.3, 0.4) is 0 Å². The van der Waals surface area contributed by atoms with E-state index in [1.165, 1.54) is 10.9 Å². The minimum absolute atomic E-state index is 0.00714. The molecule has 4 aromatic heterocycles. The molecule has 0 aliphatic rings. The zero-order valence-corrected chi connectivity index (χ0v) is 28.1. The zero-order chi connectivity index (χ0) is 32.9. The molecule has 0 fully saturated rings. The van der Waals surface area contributed by atoms with Gasteiger partial charge in [0.25, 0.3) is 0 Å². The Morgan fingerprint density at radius 1 is 0.617 bits per heavy atom. The van der Waals surface area contributed by atoms with Crippen LogP contribution in [-0.4, -0.2) is 29.3 Å². The third-order valence-electron chi connectivity index (χ3n) is 8.60. The number of hydrogen-bond acceptors (Lipinski definition) is 5. The van der Waals surface area contributed by atoms with Crippen molar-refractivity contribution in [2.24, 2.45) is 0 Å². The zero-order valence-electron chi connectivity index (χ0n) is 28.1. The molecule has 7 heteroatoms. The van der Waals surface area contributed by atoms with Gasteiger partial charge in [0.1, 0.15) is 29.0 Å². The predicted molar refractivity (Wildman–Crippen MR) is 190 cm³/mol. The van der Waals surface area contributed by atoms with Crippen molar-refractivity contribution in [2.75, 3.05) is 0 Å². The van der Waals surface area contributed by atoms with Crippen molar-refractivity contribution < 1.29 is 4.74 Å². The fourth-order valence-electron chi connectivity index (χ4n) is 6.16. The van der Waals surface area contributed by atoms with Crippen LogP contribution in [-0.2, 0) is 5.41 Å².